The van der Waals surface area contributed by atoms with Crippen LogP contribution in [0.2, 0.25) is 0 Å². The molecule has 2 rings (SSSR count). The van der Waals surface area contributed by atoms with Gasteiger partial charge in [0.05, 0.1) is 12.1 Å². The van der Waals surface area contributed by atoms with E-state index in [1.807, 2.05) is 18.2 Å². The van der Waals surface area contributed by atoms with Crippen molar-refractivity contribution in [2.45, 2.75) is 26.3 Å². The van der Waals surface area contributed by atoms with Gasteiger partial charge < -0.3 is 9.30 Å². The van der Waals surface area contributed by atoms with Gasteiger partial charge in [-0.1, -0.05) is 19.1 Å². The van der Waals surface area contributed by atoms with E-state index in [-0.39, 0.29) is 0 Å². The summed E-state index contributed by atoms with van der Waals surface area (Å²) in [6, 6.07) is 8.60. The Kier molecular flexibility index (Phi) is 3.52. The van der Waals surface area contributed by atoms with Crippen LogP contribution >= 0.6 is 0 Å². The van der Waals surface area contributed by atoms with Crippen LogP contribution in [0.15, 0.2) is 43.1 Å². The third-order valence-corrected chi connectivity index (χ3v) is 2.96. The smallest absolute Gasteiger partial charge is 0.128 e. The molecule has 17 heavy (non-hydrogen) atoms. The second-order valence-corrected chi connectivity index (χ2v) is 4.24. The molecule has 2 heteroatoms. The van der Waals surface area contributed by atoms with Crippen LogP contribution in [0.4, 0.5) is 0 Å². The number of allylic oxidation sites excluding steroid dienone is 1. The number of ether oxygens (including phenoxy) is 1. The van der Waals surface area contributed by atoms with Gasteiger partial charge in [0.25, 0.3) is 0 Å². The molecule has 1 unspecified atom stereocenters. The van der Waals surface area contributed by atoms with E-state index in [0.717, 1.165) is 18.8 Å². The lowest BCUT2D eigenvalue weighted by Gasteiger charge is -2.11. The maximum atomic E-state index is 5.76. The van der Waals surface area contributed by atoms with Crippen LogP contribution in [-0.4, -0.2) is 11.2 Å². The Hall–Kier alpha value is -1.70. The normalized spacial score (nSPS) is 12.6. The molecule has 1 aromatic heterocycles. The van der Waals surface area contributed by atoms with Gasteiger partial charge in [0.2, 0.25) is 0 Å². The maximum absolute atomic E-state index is 5.76. The Morgan fingerprint density at radius 2 is 2.24 bits per heavy atom. The van der Waals surface area contributed by atoms with Gasteiger partial charge >= 0.3 is 0 Å². The molecule has 2 nitrogen and oxygen atoms in total. The van der Waals surface area contributed by atoms with Gasteiger partial charge in [-0.2, -0.15) is 0 Å². The quantitative estimate of drug-likeness (QED) is 0.702. The van der Waals surface area contributed by atoms with E-state index in [1.54, 1.807) is 0 Å². The molecule has 90 valence electrons. The molecule has 1 atom stereocenters. The SMILES string of the molecule is C=CC(C)n1ccc2c(OCCC)cccc21. The van der Waals surface area contributed by atoms with Gasteiger partial charge in [-0.3, -0.25) is 0 Å². The standard InChI is InChI=1S/C15H19NO/c1-4-11-17-15-8-6-7-14-13(15)9-10-16(14)12(3)5-2/h5-10,12H,2,4,11H2,1,3H3. The number of aromatic nitrogens is 1. The van der Waals surface area contributed by atoms with Crippen LogP contribution in [0, 0.1) is 0 Å². The van der Waals surface area contributed by atoms with E-state index >= 15 is 0 Å². The molecule has 0 aliphatic carbocycles. The van der Waals surface area contributed by atoms with E-state index < -0.39 is 0 Å². The number of benzene rings is 1. The summed E-state index contributed by atoms with van der Waals surface area (Å²) in [4.78, 5) is 0. The summed E-state index contributed by atoms with van der Waals surface area (Å²) in [5, 5.41) is 1.18. The van der Waals surface area contributed by atoms with Gasteiger partial charge in [-0.15, -0.1) is 6.58 Å². The molecule has 0 fully saturated rings. The summed E-state index contributed by atoms with van der Waals surface area (Å²) < 4.78 is 7.97. The first kappa shape index (κ1) is 11.8. The van der Waals surface area contributed by atoms with E-state index in [0.29, 0.717) is 6.04 Å². The molecule has 0 aliphatic heterocycles. The topological polar surface area (TPSA) is 14.2 Å². The van der Waals surface area contributed by atoms with E-state index in [1.165, 1.54) is 10.9 Å². The minimum Gasteiger partial charge on any atom is -0.493 e. The van der Waals surface area contributed by atoms with Gasteiger partial charge in [0.1, 0.15) is 5.75 Å². The zero-order chi connectivity index (χ0) is 12.3. The van der Waals surface area contributed by atoms with E-state index in [2.05, 4.69) is 43.3 Å². The van der Waals surface area contributed by atoms with Crippen molar-refractivity contribution in [1.82, 2.24) is 4.57 Å². The van der Waals surface area contributed by atoms with Crippen LogP contribution in [0.3, 0.4) is 0 Å². The van der Waals surface area contributed by atoms with E-state index in [9.17, 15) is 0 Å². The van der Waals surface area contributed by atoms with E-state index in [4.69, 9.17) is 4.74 Å². The van der Waals surface area contributed by atoms with Gasteiger partial charge in [-0.05, 0) is 31.5 Å². The lowest BCUT2D eigenvalue weighted by atomic mass is 10.2. The summed E-state index contributed by atoms with van der Waals surface area (Å²) >= 11 is 0. The zero-order valence-electron chi connectivity index (χ0n) is 10.5. The highest BCUT2D eigenvalue weighted by Gasteiger charge is 2.08. The number of nitrogens with zero attached hydrogens (tertiary/aromatic N) is 1. The molecular formula is C15H19NO. The summed E-state index contributed by atoms with van der Waals surface area (Å²) in [5.41, 5.74) is 1.20. The Morgan fingerprint density at radius 3 is 2.94 bits per heavy atom. The number of fused-ring (bicyclic) bond motifs is 1. The minimum absolute atomic E-state index is 0.300. The molecule has 0 N–H and O–H groups in total. The lowest BCUT2D eigenvalue weighted by molar-refractivity contribution is 0.321. The summed E-state index contributed by atoms with van der Waals surface area (Å²) in [6.45, 7) is 8.86. The average Bonchev–Trinajstić information content (AvgIpc) is 2.79. The van der Waals surface area contributed by atoms with Crippen LogP contribution in [-0.2, 0) is 0 Å². The summed E-state index contributed by atoms with van der Waals surface area (Å²) in [7, 11) is 0. The van der Waals surface area contributed by atoms with Crippen molar-refractivity contribution in [3.8, 4) is 5.75 Å². The Bertz CT molecular complexity index is 513. The van der Waals surface area contributed by atoms with Crippen molar-refractivity contribution in [1.29, 1.82) is 0 Å². The highest BCUT2D eigenvalue weighted by Crippen LogP contribution is 2.28. The fourth-order valence-corrected chi connectivity index (χ4v) is 1.97. The predicted octanol–water partition coefficient (Wildman–Crippen LogP) is 4.18. The van der Waals surface area contributed by atoms with Crippen LogP contribution in [0.25, 0.3) is 10.9 Å². The first-order chi connectivity index (χ1) is 8.27. The molecule has 0 aliphatic rings. The number of hydrogen-bond acceptors (Lipinski definition) is 1. The van der Waals surface area contributed by atoms with Gasteiger partial charge in [-0.25, -0.2) is 0 Å². The van der Waals surface area contributed by atoms with Crippen LogP contribution < -0.4 is 4.74 Å². The van der Waals surface area contributed by atoms with Crippen molar-refractivity contribution < 1.29 is 4.74 Å². The molecular weight excluding hydrogens is 210 g/mol. The van der Waals surface area contributed by atoms with Crippen molar-refractivity contribution in [2.24, 2.45) is 0 Å². The highest BCUT2D eigenvalue weighted by atomic mass is 16.5. The third kappa shape index (κ3) is 2.21. The first-order valence-electron chi connectivity index (χ1n) is 6.12. The Morgan fingerprint density at radius 1 is 1.41 bits per heavy atom. The Balaban J connectivity index is 2.45. The van der Waals surface area contributed by atoms with Crippen molar-refractivity contribution >= 4 is 10.9 Å². The lowest BCUT2D eigenvalue weighted by Crippen LogP contribution is -2.00. The third-order valence-electron chi connectivity index (χ3n) is 2.96. The fraction of sp³-hybridized carbons (Fsp3) is 0.333. The molecule has 0 saturated carbocycles. The van der Waals surface area contributed by atoms with Crippen molar-refractivity contribution in [2.75, 3.05) is 6.61 Å². The first-order valence-corrected chi connectivity index (χ1v) is 6.12. The predicted molar refractivity (Wildman–Crippen MR) is 72.6 cm³/mol. The molecule has 0 spiro atoms. The second-order valence-electron chi connectivity index (χ2n) is 4.24. The Labute approximate surface area is 103 Å². The molecule has 0 amide bonds. The molecule has 0 radical (unpaired) electrons. The second kappa shape index (κ2) is 5.09. The summed E-state index contributed by atoms with van der Waals surface area (Å²) in [5.74, 6) is 0.972. The number of rotatable bonds is 5. The van der Waals surface area contributed by atoms with Crippen LogP contribution in [0.5, 0.6) is 5.75 Å². The molecule has 0 bridgehead atoms. The highest BCUT2D eigenvalue weighted by molar-refractivity contribution is 5.86. The monoisotopic (exact) mass is 229 g/mol. The average molecular weight is 229 g/mol. The van der Waals surface area contributed by atoms with Gasteiger partial charge in [0.15, 0.2) is 0 Å². The molecule has 2 aromatic rings. The van der Waals surface area contributed by atoms with Crippen molar-refractivity contribution in [3.63, 3.8) is 0 Å². The fourth-order valence-electron chi connectivity index (χ4n) is 1.97. The molecule has 1 aromatic carbocycles. The van der Waals surface area contributed by atoms with Crippen LogP contribution in [0.1, 0.15) is 26.3 Å². The summed E-state index contributed by atoms with van der Waals surface area (Å²) in [6.07, 6.45) is 5.06. The molecule has 0 saturated heterocycles. The largest absolute Gasteiger partial charge is 0.493 e. The number of hydrogen-bond donors (Lipinski definition) is 0. The van der Waals surface area contributed by atoms with Gasteiger partial charge in [0, 0.05) is 17.6 Å². The minimum atomic E-state index is 0.300. The zero-order valence-corrected chi connectivity index (χ0v) is 10.5. The molecule has 1 heterocycles. The van der Waals surface area contributed by atoms with Crippen molar-refractivity contribution in [3.05, 3.63) is 43.1 Å². The maximum Gasteiger partial charge on any atom is 0.128 e.